The van der Waals surface area contributed by atoms with Crippen LogP contribution >= 0.6 is 10.7 Å². The molecule has 2 rings (SSSR count). The zero-order chi connectivity index (χ0) is 14.4. The molecule has 1 unspecified atom stereocenters. The monoisotopic (exact) mass is 301 g/mol. The summed E-state index contributed by atoms with van der Waals surface area (Å²) in [4.78, 5) is 13.4. The van der Waals surface area contributed by atoms with Gasteiger partial charge in [0.2, 0.25) is 15.0 Å². The number of anilines is 1. The lowest BCUT2D eigenvalue weighted by Crippen LogP contribution is -2.26. The van der Waals surface area contributed by atoms with E-state index in [9.17, 15) is 13.2 Å². The number of amides is 1. The van der Waals surface area contributed by atoms with Crippen molar-refractivity contribution in [1.82, 2.24) is 0 Å². The molecule has 0 spiro atoms. The summed E-state index contributed by atoms with van der Waals surface area (Å²) >= 11 is 0. The predicted octanol–water partition coefficient (Wildman–Crippen LogP) is 2.29. The first-order chi connectivity index (χ1) is 8.70. The van der Waals surface area contributed by atoms with E-state index in [1.165, 1.54) is 10.5 Å². The van der Waals surface area contributed by atoms with E-state index in [-0.39, 0.29) is 18.9 Å². The second-order valence-electron chi connectivity index (χ2n) is 5.01. The van der Waals surface area contributed by atoms with E-state index in [1.807, 2.05) is 32.9 Å². The highest BCUT2D eigenvalue weighted by Gasteiger charge is 2.38. The SMILES string of the molecule is Cc1cc(N2CC(S(=O)(=O)Cl)CC2=O)cc(C)c1C. The molecule has 1 aliphatic heterocycles. The fourth-order valence-corrected chi connectivity index (χ4v) is 3.31. The Hall–Kier alpha value is -1.07. The van der Waals surface area contributed by atoms with E-state index in [4.69, 9.17) is 10.7 Å². The van der Waals surface area contributed by atoms with E-state index in [2.05, 4.69) is 0 Å². The number of rotatable bonds is 2. The molecule has 6 heteroatoms. The Bertz CT molecular complexity index is 616. The smallest absolute Gasteiger partial charge is 0.237 e. The average Bonchev–Trinajstić information content (AvgIpc) is 2.67. The van der Waals surface area contributed by atoms with Crippen LogP contribution in [0.25, 0.3) is 0 Å². The number of hydrogen-bond donors (Lipinski definition) is 0. The zero-order valence-corrected chi connectivity index (χ0v) is 12.7. The molecule has 1 amide bonds. The van der Waals surface area contributed by atoms with Crippen molar-refractivity contribution in [3.8, 4) is 0 Å². The van der Waals surface area contributed by atoms with Crippen LogP contribution in [0.3, 0.4) is 0 Å². The molecule has 1 saturated heterocycles. The third kappa shape index (κ3) is 2.77. The summed E-state index contributed by atoms with van der Waals surface area (Å²) in [7, 11) is 1.64. The van der Waals surface area contributed by atoms with Gasteiger partial charge in [0.05, 0.1) is 0 Å². The van der Waals surface area contributed by atoms with Gasteiger partial charge in [-0.15, -0.1) is 0 Å². The first kappa shape index (κ1) is 14.3. The van der Waals surface area contributed by atoms with Crippen LogP contribution in [-0.4, -0.2) is 26.1 Å². The van der Waals surface area contributed by atoms with E-state index < -0.39 is 14.3 Å². The minimum absolute atomic E-state index is 0.0438. The van der Waals surface area contributed by atoms with Gasteiger partial charge in [0.1, 0.15) is 5.25 Å². The van der Waals surface area contributed by atoms with E-state index in [1.54, 1.807) is 0 Å². The van der Waals surface area contributed by atoms with Crippen LogP contribution in [0.15, 0.2) is 12.1 Å². The molecule has 104 valence electrons. The highest BCUT2D eigenvalue weighted by Crippen LogP contribution is 2.29. The molecule has 19 heavy (non-hydrogen) atoms. The predicted molar refractivity (Wildman–Crippen MR) is 76.2 cm³/mol. The second kappa shape index (κ2) is 4.80. The molecule has 0 saturated carbocycles. The van der Waals surface area contributed by atoms with Gasteiger partial charge in [0.15, 0.2) is 0 Å². The number of nitrogens with zero attached hydrogens (tertiary/aromatic N) is 1. The number of benzene rings is 1. The van der Waals surface area contributed by atoms with Gasteiger partial charge in [0, 0.05) is 29.3 Å². The van der Waals surface area contributed by atoms with Gasteiger partial charge >= 0.3 is 0 Å². The Morgan fingerprint density at radius 3 is 2.16 bits per heavy atom. The molecule has 1 heterocycles. The lowest BCUT2D eigenvalue weighted by Gasteiger charge is -2.19. The maximum Gasteiger partial charge on any atom is 0.237 e. The Kier molecular flexibility index (Phi) is 3.62. The van der Waals surface area contributed by atoms with Crippen LogP contribution in [0.1, 0.15) is 23.1 Å². The maximum atomic E-state index is 11.9. The summed E-state index contributed by atoms with van der Waals surface area (Å²) in [6, 6.07) is 3.81. The summed E-state index contributed by atoms with van der Waals surface area (Å²) in [6.45, 7) is 6.10. The van der Waals surface area contributed by atoms with Crippen LogP contribution in [0, 0.1) is 20.8 Å². The average molecular weight is 302 g/mol. The first-order valence-electron chi connectivity index (χ1n) is 6.02. The van der Waals surface area contributed by atoms with E-state index >= 15 is 0 Å². The van der Waals surface area contributed by atoms with Gasteiger partial charge in [-0.25, -0.2) is 8.42 Å². The van der Waals surface area contributed by atoms with E-state index in [0.29, 0.717) is 0 Å². The summed E-state index contributed by atoms with van der Waals surface area (Å²) < 4.78 is 22.7. The molecule has 1 aromatic carbocycles. The lowest BCUT2D eigenvalue weighted by molar-refractivity contribution is -0.117. The third-order valence-electron chi connectivity index (χ3n) is 3.71. The normalized spacial score (nSPS) is 20.1. The Morgan fingerprint density at radius 2 is 1.74 bits per heavy atom. The molecule has 0 radical (unpaired) electrons. The second-order valence-corrected chi connectivity index (χ2v) is 7.92. The van der Waals surface area contributed by atoms with Crippen molar-refractivity contribution >= 4 is 31.3 Å². The summed E-state index contributed by atoms with van der Waals surface area (Å²) in [5.41, 5.74) is 4.09. The molecular formula is C13H16ClNO3S. The number of hydrogen-bond acceptors (Lipinski definition) is 3. The molecule has 1 fully saturated rings. The van der Waals surface area contributed by atoms with E-state index in [0.717, 1.165) is 16.8 Å². The summed E-state index contributed by atoms with van der Waals surface area (Å²) in [5.74, 6) is -0.197. The van der Waals surface area contributed by atoms with Crippen molar-refractivity contribution in [1.29, 1.82) is 0 Å². The highest BCUT2D eigenvalue weighted by molar-refractivity contribution is 8.14. The number of halogens is 1. The fourth-order valence-electron chi connectivity index (χ4n) is 2.28. The van der Waals surface area contributed by atoms with Crippen molar-refractivity contribution in [2.45, 2.75) is 32.4 Å². The topological polar surface area (TPSA) is 54.5 Å². The zero-order valence-electron chi connectivity index (χ0n) is 11.1. The molecule has 4 nitrogen and oxygen atoms in total. The molecule has 0 N–H and O–H groups in total. The minimum atomic E-state index is -3.70. The Labute approximate surface area is 117 Å². The van der Waals surface area contributed by atoms with Crippen molar-refractivity contribution in [3.05, 3.63) is 28.8 Å². The van der Waals surface area contributed by atoms with Crippen molar-refractivity contribution < 1.29 is 13.2 Å². The largest absolute Gasteiger partial charge is 0.311 e. The fraction of sp³-hybridized carbons (Fsp3) is 0.462. The number of aryl methyl sites for hydroxylation is 2. The quantitative estimate of drug-likeness (QED) is 0.788. The van der Waals surface area contributed by atoms with Crippen LogP contribution < -0.4 is 4.90 Å². The molecule has 0 aliphatic carbocycles. The third-order valence-corrected chi connectivity index (χ3v) is 5.58. The lowest BCUT2D eigenvalue weighted by atomic mass is 10.0. The van der Waals surface area contributed by atoms with Crippen molar-refractivity contribution in [2.75, 3.05) is 11.4 Å². The van der Waals surface area contributed by atoms with Crippen molar-refractivity contribution in [3.63, 3.8) is 0 Å². The summed E-state index contributed by atoms with van der Waals surface area (Å²) in [5, 5.41) is -0.816. The molecule has 1 aliphatic rings. The molecule has 1 atom stereocenters. The molecule has 0 aromatic heterocycles. The highest BCUT2D eigenvalue weighted by atomic mass is 35.7. The molecule has 0 bridgehead atoms. The molecule has 1 aromatic rings. The van der Waals surface area contributed by atoms with Gasteiger partial charge in [0.25, 0.3) is 0 Å². The van der Waals surface area contributed by atoms with Crippen LogP contribution in [-0.2, 0) is 13.8 Å². The Balaban J connectivity index is 2.36. The Morgan fingerprint density at radius 1 is 1.21 bits per heavy atom. The van der Waals surface area contributed by atoms with Gasteiger partial charge in [-0.2, -0.15) is 0 Å². The minimum Gasteiger partial charge on any atom is -0.311 e. The number of carbonyl (C=O) groups is 1. The molecular weight excluding hydrogens is 286 g/mol. The standard InChI is InChI=1S/C13H16ClNO3S/c1-8-4-11(5-9(2)10(8)3)15-7-12(6-13(15)16)19(14,17)18/h4-5,12H,6-7H2,1-3H3. The first-order valence-corrected chi connectivity index (χ1v) is 8.39. The van der Waals surface area contributed by atoms with Gasteiger partial charge in [-0.1, -0.05) is 0 Å². The number of carbonyl (C=O) groups excluding carboxylic acids is 1. The van der Waals surface area contributed by atoms with Gasteiger partial charge in [-0.05, 0) is 49.6 Å². The van der Waals surface area contributed by atoms with Crippen molar-refractivity contribution in [2.24, 2.45) is 0 Å². The van der Waals surface area contributed by atoms with Crippen LogP contribution in [0.4, 0.5) is 5.69 Å². The summed E-state index contributed by atoms with van der Waals surface area (Å²) in [6.07, 6.45) is -0.0438. The van der Waals surface area contributed by atoms with Crippen LogP contribution in [0.2, 0.25) is 0 Å². The maximum absolute atomic E-state index is 11.9. The van der Waals surface area contributed by atoms with Gasteiger partial charge in [-0.3, -0.25) is 4.79 Å². The van der Waals surface area contributed by atoms with Gasteiger partial charge < -0.3 is 4.90 Å². The van der Waals surface area contributed by atoms with Crippen LogP contribution in [0.5, 0.6) is 0 Å².